The highest BCUT2D eigenvalue weighted by molar-refractivity contribution is 7.15. The van der Waals surface area contributed by atoms with Crippen molar-refractivity contribution in [1.82, 2.24) is 14.5 Å². The van der Waals surface area contributed by atoms with Crippen LogP contribution in [0.4, 0.5) is 0 Å². The van der Waals surface area contributed by atoms with Crippen LogP contribution in [0.25, 0.3) is 0 Å². The molecule has 0 N–H and O–H groups in total. The van der Waals surface area contributed by atoms with Crippen molar-refractivity contribution >= 4 is 22.9 Å². The second-order valence-corrected chi connectivity index (χ2v) is 5.00. The summed E-state index contributed by atoms with van der Waals surface area (Å²) in [5.41, 5.74) is 0. The maximum Gasteiger partial charge on any atom is 0.183 e. The van der Waals surface area contributed by atoms with Crippen molar-refractivity contribution in [3.05, 3.63) is 33.8 Å². The average molecular weight is 242 g/mol. The molecule has 2 aromatic rings. The van der Waals surface area contributed by atoms with E-state index in [1.54, 1.807) is 0 Å². The molecule has 0 radical (unpaired) electrons. The minimum atomic E-state index is 0.599. The van der Waals surface area contributed by atoms with Gasteiger partial charge in [0.1, 0.15) is 5.82 Å². The van der Waals surface area contributed by atoms with Gasteiger partial charge in [0.2, 0.25) is 0 Å². The van der Waals surface area contributed by atoms with E-state index < -0.39 is 0 Å². The summed E-state index contributed by atoms with van der Waals surface area (Å²) < 4.78 is 2.75. The lowest BCUT2D eigenvalue weighted by molar-refractivity contribution is 0.710. The van der Waals surface area contributed by atoms with Gasteiger partial charge in [0.05, 0.1) is 6.54 Å². The van der Waals surface area contributed by atoms with E-state index in [-0.39, 0.29) is 0 Å². The van der Waals surface area contributed by atoms with Gasteiger partial charge in [-0.15, -0.1) is 11.3 Å². The number of thiazole rings is 1. The Morgan fingerprint density at radius 1 is 1.47 bits per heavy atom. The van der Waals surface area contributed by atoms with Crippen LogP contribution >= 0.6 is 22.9 Å². The molecule has 0 amide bonds. The van der Waals surface area contributed by atoms with Gasteiger partial charge in [0.25, 0.3) is 0 Å². The third-order valence-corrected chi connectivity index (χ3v) is 3.23. The highest BCUT2D eigenvalue weighted by Crippen LogP contribution is 2.19. The first-order valence-corrected chi connectivity index (χ1v) is 6.09. The van der Waals surface area contributed by atoms with E-state index in [4.69, 9.17) is 11.6 Å². The van der Waals surface area contributed by atoms with E-state index in [9.17, 15) is 0 Å². The molecule has 0 aliphatic carbocycles. The smallest absolute Gasteiger partial charge is 0.183 e. The Bertz CT molecular complexity index is 435. The molecule has 2 aromatic heterocycles. The molecule has 0 bridgehead atoms. The maximum absolute atomic E-state index is 5.78. The van der Waals surface area contributed by atoms with Crippen LogP contribution in [0.1, 0.15) is 24.0 Å². The second-order valence-electron chi connectivity index (χ2n) is 3.30. The van der Waals surface area contributed by atoms with Crippen LogP contribution in [0.5, 0.6) is 0 Å². The SMILES string of the molecule is CCCc1nccn1Cc1cnc(Cl)s1. The van der Waals surface area contributed by atoms with Crippen LogP contribution in [0.3, 0.4) is 0 Å². The van der Waals surface area contributed by atoms with Gasteiger partial charge in [-0.25, -0.2) is 9.97 Å². The third-order valence-electron chi connectivity index (χ3n) is 2.13. The highest BCUT2D eigenvalue weighted by atomic mass is 35.5. The summed E-state index contributed by atoms with van der Waals surface area (Å²) in [5.74, 6) is 1.13. The van der Waals surface area contributed by atoms with E-state index in [2.05, 4.69) is 21.5 Å². The van der Waals surface area contributed by atoms with Crippen molar-refractivity contribution in [2.45, 2.75) is 26.3 Å². The van der Waals surface area contributed by atoms with Gasteiger partial charge in [-0.05, 0) is 6.42 Å². The molecule has 5 heteroatoms. The molecule has 0 unspecified atom stereocenters. The number of aromatic nitrogens is 3. The summed E-state index contributed by atoms with van der Waals surface area (Å²) in [4.78, 5) is 9.51. The molecule has 15 heavy (non-hydrogen) atoms. The lowest BCUT2D eigenvalue weighted by Crippen LogP contribution is -2.02. The van der Waals surface area contributed by atoms with E-state index in [0.29, 0.717) is 4.47 Å². The van der Waals surface area contributed by atoms with Gasteiger partial charge in [-0.2, -0.15) is 0 Å². The topological polar surface area (TPSA) is 30.7 Å². The molecule has 0 atom stereocenters. The Labute approximate surface area is 97.8 Å². The number of nitrogens with zero attached hydrogens (tertiary/aromatic N) is 3. The average Bonchev–Trinajstić information content (AvgIpc) is 2.78. The predicted molar refractivity (Wildman–Crippen MR) is 62.4 cm³/mol. The van der Waals surface area contributed by atoms with Gasteiger partial charge in [-0.1, -0.05) is 18.5 Å². The molecular formula is C10H12ClN3S. The standard InChI is InChI=1S/C10H12ClN3S/c1-2-3-9-12-4-5-14(9)7-8-6-13-10(11)15-8/h4-6H,2-3,7H2,1H3. The van der Waals surface area contributed by atoms with Gasteiger partial charge in [-0.3, -0.25) is 0 Å². The van der Waals surface area contributed by atoms with Crippen LogP contribution in [0.2, 0.25) is 4.47 Å². The van der Waals surface area contributed by atoms with Crippen molar-refractivity contribution in [3.63, 3.8) is 0 Å². The molecule has 2 rings (SSSR count). The van der Waals surface area contributed by atoms with Crippen LogP contribution in [0, 0.1) is 0 Å². The number of imidazole rings is 1. The summed E-state index contributed by atoms with van der Waals surface area (Å²) in [5, 5.41) is 0. The molecule has 0 saturated carbocycles. The summed E-state index contributed by atoms with van der Waals surface area (Å²) in [6.07, 6.45) is 7.79. The van der Waals surface area contributed by atoms with Crippen molar-refractivity contribution < 1.29 is 0 Å². The minimum absolute atomic E-state index is 0.599. The molecule has 0 fully saturated rings. The maximum atomic E-state index is 5.78. The zero-order chi connectivity index (χ0) is 10.7. The van der Waals surface area contributed by atoms with Gasteiger partial charge in [0, 0.05) is 29.9 Å². The van der Waals surface area contributed by atoms with Gasteiger partial charge in [0.15, 0.2) is 4.47 Å². The van der Waals surface area contributed by atoms with Crippen molar-refractivity contribution in [3.8, 4) is 0 Å². The number of halogens is 1. The molecule has 80 valence electrons. The Balaban J connectivity index is 2.13. The van der Waals surface area contributed by atoms with Gasteiger partial charge < -0.3 is 4.57 Å². The fourth-order valence-corrected chi connectivity index (χ4v) is 2.44. The summed E-state index contributed by atoms with van der Waals surface area (Å²) in [7, 11) is 0. The summed E-state index contributed by atoms with van der Waals surface area (Å²) in [6, 6.07) is 0. The molecule has 0 aliphatic rings. The first-order valence-electron chi connectivity index (χ1n) is 4.90. The van der Waals surface area contributed by atoms with Crippen LogP contribution in [0.15, 0.2) is 18.6 Å². The molecule has 0 aliphatic heterocycles. The highest BCUT2D eigenvalue weighted by Gasteiger charge is 2.04. The van der Waals surface area contributed by atoms with Crippen molar-refractivity contribution in [2.24, 2.45) is 0 Å². The first kappa shape index (κ1) is 10.6. The van der Waals surface area contributed by atoms with E-state index >= 15 is 0 Å². The minimum Gasteiger partial charge on any atom is -0.330 e. The van der Waals surface area contributed by atoms with Crippen molar-refractivity contribution in [2.75, 3.05) is 0 Å². The second kappa shape index (κ2) is 4.77. The quantitative estimate of drug-likeness (QED) is 0.824. The Hall–Kier alpha value is -0.870. The molecule has 0 aromatic carbocycles. The number of hydrogen-bond acceptors (Lipinski definition) is 3. The number of aryl methyl sites for hydroxylation is 1. The number of hydrogen-bond donors (Lipinski definition) is 0. The van der Waals surface area contributed by atoms with Crippen molar-refractivity contribution in [1.29, 1.82) is 0 Å². The lowest BCUT2D eigenvalue weighted by Gasteiger charge is -2.04. The van der Waals surface area contributed by atoms with Crippen LogP contribution in [-0.4, -0.2) is 14.5 Å². The normalized spacial score (nSPS) is 10.8. The monoisotopic (exact) mass is 241 g/mol. The Morgan fingerprint density at radius 3 is 3.00 bits per heavy atom. The summed E-state index contributed by atoms with van der Waals surface area (Å²) in [6.45, 7) is 2.97. The Morgan fingerprint density at radius 2 is 2.33 bits per heavy atom. The molecule has 0 saturated heterocycles. The fraction of sp³-hybridized carbons (Fsp3) is 0.400. The van der Waals surface area contributed by atoms with E-state index in [1.807, 2.05) is 18.6 Å². The summed E-state index contributed by atoms with van der Waals surface area (Å²) >= 11 is 7.30. The zero-order valence-corrected chi connectivity index (χ0v) is 10.1. The molecule has 2 heterocycles. The van der Waals surface area contributed by atoms with Crippen LogP contribution < -0.4 is 0 Å². The molecule has 0 spiro atoms. The van der Waals surface area contributed by atoms with Gasteiger partial charge >= 0.3 is 0 Å². The molecular weight excluding hydrogens is 230 g/mol. The first-order chi connectivity index (χ1) is 7.29. The van der Waals surface area contributed by atoms with E-state index in [0.717, 1.165) is 30.1 Å². The fourth-order valence-electron chi connectivity index (χ4n) is 1.46. The zero-order valence-electron chi connectivity index (χ0n) is 8.48. The van der Waals surface area contributed by atoms with E-state index in [1.165, 1.54) is 11.3 Å². The lowest BCUT2D eigenvalue weighted by atomic mass is 10.3. The molecule has 3 nitrogen and oxygen atoms in total. The third kappa shape index (κ3) is 2.58. The Kier molecular flexibility index (Phi) is 3.38. The number of rotatable bonds is 4. The predicted octanol–water partition coefficient (Wildman–Crippen LogP) is 2.99. The largest absolute Gasteiger partial charge is 0.330 e. The van der Waals surface area contributed by atoms with Crippen LogP contribution in [-0.2, 0) is 13.0 Å².